The van der Waals surface area contributed by atoms with Gasteiger partial charge in [0.2, 0.25) is 17.8 Å². The van der Waals surface area contributed by atoms with Crippen molar-refractivity contribution in [3.05, 3.63) is 28.5 Å². The number of carbonyl (C=O) groups is 2. The SMILES string of the molecule is CC(C)Cc1nc(NC(=O)[C@H]2CC(=O)N(c3n[nH]c4cc(Br)ccc34)C2)n[nH]1. The number of rotatable bonds is 5. The Balaban J connectivity index is 1.46. The number of carbonyl (C=O) groups excluding carboxylic acids is 2. The summed E-state index contributed by atoms with van der Waals surface area (Å²) in [4.78, 5) is 31.0. The Morgan fingerprint density at radius 2 is 2.18 bits per heavy atom. The van der Waals surface area contributed by atoms with E-state index >= 15 is 0 Å². The lowest BCUT2D eigenvalue weighted by Gasteiger charge is -2.13. The van der Waals surface area contributed by atoms with Crippen molar-refractivity contribution >= 4 is 50.4 Å². The minimum Gasteiger partial charge on any atom is -0.294 e. The van der Waals surface area contributed by atoms with E-state index in [2.05, 4.69) is 60.5 Å². The zero-order chi connectivity index (χ0) is 19.8. The Hall–Kier alpha value is -2.75. The second kappa shape index (κ2) is 7.34. The predicted octanol–water partition coefficient (Wildman–Crippen LogP) is 2.63. The molecule has 3 N–H and O–H groups in total. The third-order valence-electron chi connectivity index (χ3n) is 4.62. The van der Waals surface area contributed by atoms with Crippen LogP contribution < -0.4 is 10.2 Å². The molecule has 1 atom stereocenters. The van der Waals surface area contributed by atoms with Crippen LogP contribution >= 0.6 is 15.9 Å². The summed E-state index contributed by atoms with van der Waals surface area (Å²) in [5.41, 5.74) is 0.823. The van der Waals surface area contributed by atoms with Gasteiger partial charge >= 0.3 is 0 Å². The van der Waals surface area contributed by atoms with Crippen molar-refractivity contribution < 1.29 is 9.59 Å². The molecule has 1 aliphatic rings. The van der Waals surface area contributed by atoms with Crippen molar-refractivity contribution in [2.24, 2.45) is 11.8 Å². The maximum Gasteiger partial charge on any atom is 0.248 e. The van der Waals surface area contributed by atoms with Gasteiger partial charge in [-0.15, -0.1) is 5.10 Å². The standard InChI is InChI=1S/C18H20BrN7O2/c1-9(2)5-14-20-18(25-23-14)21-17(28)10-6-15(27)26(8-10)16-12-4-3-11(19)7-13(12)22-24-16/h3-4,7,9-10H,5-6,8H2,1-2H3,(H,22,24)(H2,20,21,23,25,28)/t10-/m0/s1. The predicted molar refractivity (Wildman–Crippen MR) is 108 cm³/mol. The van der Waals surface area contributed by atoms with Gasteiger partial charge in [-0.3, -0.25) is 30.0 Å². The largest absolute Gasteiger partial charge is 0.294 e. The summed E-state index contributed by atoms with van der Waals surface area (Å²) in [7, 11) is 0. The highest BCUT2D eigenvalue weighted by atomic mass is 79.9. The maximum atomic E-state index is 12.6. The number of hydrogen-bond donors (Lipinski definition) is 3. The number of hydrogen-bond acceptors (Lipinski definition) is 5. The van der Waals surface area contributed by atoms with E-state index in [4.69, 9.17) is 0 Å². The van der Waals surface area contributed by atoms with Crippen molar-refractivity contribution in [1.82, 2.24) is 25.4 Å². The maximum absolute atomic E-state index is 12.6. The molecule has 1 aliphatic heterocycles. The minimum absolute atomic E-state index is 0.125. The van der Waals surface area contributed by atoms with E-state index in [1.54, 1.807) is 4.90 Å². The third kappa shape index (κ3) is 3.64. The van der Waals surface area contributed by atoms with Gasteiger partial charge in [0.15, 0.2) is 5.82 Å². The van der Waals surface area contributed by atoms with Gasteiger partial charge in [-0.2, -0.15) is 10.1 Å². The van der Waals surface area contributed by atoms with Crippen molar-refractivity contribution in [2.75, 3.05) is 16.8 Å². The van der Waals surface area contributed by atoms with Crippen molar-refractivity contribution in [2.45, 2.75) is 26.7 Å². The van der Waals surface area contributed by atoms with Crippen molar-refractivity contribution in [1.29, 1.82) is 0 Å². The molecule has 1 saturated heterocycles. The number of fused-ring (bicyclic) bond motifs is 1. The zero-order valence-corrected chi connectivity index (χ0v) is 17.1. The first-order chi connectivity index (χ1) is 13.4. The van der Waals surface area contributed by atoms with Crippen LogP contribution in [-0.2, 0) is 16.0 Å². The molecular weight excluding hydrogens is 426 g/mol. The number of amides is 2. The van der Waals surface area contributed by atoms with Crippen LogP contribution in [0.5, 0.6) is 0 Å². The second-order valence-electron chi connectivity index (χ2n) is 7.34. The summed E-state index contributed by atoms with van der Waals surface area (Å²) in [5.74, 6) is 1.05. The first-order valence-electron chi connectivity index (χ1n) is 9.07. The number of anilines is 2. The van der Waals surface area contributed by atoms with Crippen LogP contribution in [0.1, 0.15) is 26.1 Å². The monoisotopic (exact) mass is 445 g/mol. The van der Waals surface area contributed by atoms with Crippen molar-refractivity contribution in [3.63, 3.8) is 0 Å². The van der Waals surface area contributed by atoms with Crippen LogP contribution in [0.15, 0.2) is 22.7 Å². The van der Waals surface area contributed by atoms with E-state index in [1.165, 1.54) is 0 Å². The van der Waals surface area contributed by atoms with Gasteiger partial charge in [-0.05, 0) is 24.1 Å². The van der Waals surface area contributed by atoms with Crippen molar-refractivity contribution in [3.8, 4) is 0 Å². The summed E-state index contributed by atoms with van der Waals surface area (Å²) in [6.45, 7) is 4.43. The Bertz CT molecular complexity index is 1040. The molecule has 3 aromatic rings. The topological polar surface area (TPSA) is 120 Å². The van der Waals surface area contributed by atoms with Crippen LogP contribution in [0.3, 0.4) is 0 Å². The number of aromatic nitrogens is 5. The Kier molecular flexibility index (Phi) is 4.88. The fourth-order valence-corrected chi connectivity index (χ4v) is 3.67. The summed E-state index contributed by atoms with van der Waals surface area (Å²) in [6.07, 6.45) is 0.876. The molecule has 2 aromatic heterocycles. The van der Waals surface area contributed by atoms with Gasteiger partial charge in [0.05, 0.1) is 11.4 Å². The Morgan fingerprint density at radius 1 is 1.36 bits per heavy atom. The molecular formula is C18H20BrN7O2. The number of benzene rings is 1. The highest BCUT2D eigenvalue weighted by molar-refractivity contribution is 9.10. The van der Waals surface area contributed by atoms with Crippen LogP contribution in [0.4, 0.5) is 11.8 Å². The molecule has 1 fully saturated rings. The summed E-state index contributed by atoms with van der Waals surface area (Å²) < 4.78 is 0.920. The molecule has 0 radical (unpaired) electrons. The van der Waals surface area contributed by atoms with E-state index in [0.29, 0.717) is 11.7 Å². The van der Waals surface area contributed by atoms with E-state index in [0.717, 1.165) is 27.6 Å². The number of halogens is 1. The molecule has 0 aliphatic carbocycles. The lowest BCUT2D eigenvalue weighted by Crippen LogP contribution is -2.28. The summed E-state index contributed by atoms with van der Waals surface area (Å²) in [5, 5.41) is 17.6. The molecule has 1 aromatic carbocycles. The molecule has 2 amide bonds. The highest BCUT2D eigenvalue weighted by Gasteiger charge is 2.37. The number of nitrogens with zero attached hydrogens (tertiary/aromatic N) is 4. The second-order valence-corrected chi connectivity index (χ2v) is 8.25. The Morgan fingerprint density at radius 3 is 2.96 bits per heavy atom. The van der Waals surface area contributed by atoms with Gasteiger partial charge in [-0.25, -0.2) is 0 Å². The fourth-order valence-electron chi connectivity index (χ4n) is 3.31. The van der Waals surface area contributed by atoms with Crippen LogP contribution in [0.25, 0.3) is 10.9 Å². The zero-order valence-electron chi connectivity index (χ0n) is 15.5. The van der Waals surface area contributed by atoms with E-state index in [-0.39, 0.29) is 30.7 Å². The highest BCUT2D eigenvalue weighted by Crippen LogP contribution is 2.31. The Labute approximate surface area is 169 Å². The first-order valence-corrected chi connectivity index (χ1v) is 9.86. The molecule has 146 valence electrons. The van der Waals surface area contributed by atoms with Gasteiger partial charge in [0, 0.05) is 29.2 Å². The average molecular weight is 446 g/mol. The smallest absolute Gasteiger partial charge is 0.248 e. The molecule has 0 spiro atoms. The van der Waals surface area contributed by atoms with Gasteiger partial charge in [0.25, 0.3) is 0 Å². The molecule has 28 heavy (non-hydrogen) atoms. The quantitative estimate of drug-likeness (QED) is 0.557. The lowest BCUT2D eigenvalue weighted by molar-refractivity contribution is -0.122. The average Bonchev–Trinajstić information content (AvgIpc) is 3.32. The molecule has 9 nitrogen and oxygen atoms in total. The van der Waals surface area contributed by atoms with E-state index < -0.39 is 5.92 Å². The van der Waals surface area contributed by atoms with Gasteiger partial charge < -0.3 is 0 Å². The molecule has 0 unspecified atom stereocenters. The minimum atomic E-state index is -0.484. The molecule has 10 heteroatoms. The molecule has 0 bridgehead atoms. The first kappa shape index (κ1) is 18.6. The number of aromatic amines is 2. The summed E-state index contributed by atoms with van der Waals surface area (Å²) in [6, 6.07) is 5.68. The lowest BCUT2D eigenvalue weighted by atomic mass is 10.1. The van der Waals surface area contributed by atoms with E-state index in [9.17, 15) is 9.59 Å². The van der Waals surface area contributed by atoms with Crippen LogP contribution in [-0.4, -0.2) is 43.7 Å². The van der Waals surface area contributed by atoms with E-state index in [1.807, 2.05) is 18.2 Å². The molecule has 4 rings (SSSR count). The number of nitrogens with one attached hydrogen (secondary N) is 3. The fraction of sp³-hybridized carbons (Fsp3) is 0.389. The molecule has 3 heterocycles. The third-order valence-corrected chi connectivity index (χ3v) is 5.12. The number of H-pyrrole nitrogens is 2. The summed E-state index contributed by atoms with van der Waals surface area (Å²) >= 11 is 3.42. The molecule has 0 saturated carbocycles. The normalized spacial score (nSPS) is 17.1. The van der Waals surface area contributed by atoms with Crippen LogP contribution in [0, 0.1) is 11.8 Å². The van der Waals surface area contributed by atoms with Gasteiger partial charge in [0.1, 0.15) is 5.82 Å². The van der Waals surface area contributed by atoms with Gasteiger partial charge in [-0.1, -0.05) is 29.8 Å². The van der Waals surface area contributed by atoms with Crippen LogP contribution in [0.2, 0.25) is 0 Å².